The number of carbonyl (C=O) groups excluding carboxylic acids is 1. The monoisotopic (exact) mass is 498 g/mol. The Morgan fingerprint density at radius 2 is 1.79 bits per heavy atom. The van der Waals surface area contributed by atoms with Gasteiger partial charge in [-0.25, -0.2) is 23.1 Å². The molecule has 10 nitrogen and oxygen atoms in total. The van der Waals surface area contributed by atoms with Gasteiger partial charge in [0.25, 0.3) is 15.9 Å². The van der Waals surface area contributed by atoms with Crippen LogP contribution in [0.25, 0.3) is 0 Å². The lowest BCUT2D eigenvalue weighted by atomic mass is 10.1. The molecule has 1 amide bonds. The fourth-order valence-electron chi connectivity index (χ4n) is 3.24. The lowest BCUT2D eigenvalue weighted by molar-refractivity contribution is -0.0225. The van der Waals surface area contributed by atoms with Crippen molar-refractivity contribution >= 4 is 45.5 Å². The van der Waals surface area contributed by atoms with Gasteiger partial charge in [0.15, 0.2) is 6.23 Å². The van der Waals surface area contributed by atoms with Gasteiger partial charge in [0.2, 0.25) is 5.95 Å². The average molecular weight is 499 g/mol. The first-order chi connectivity index (χ1) is 16.4. The number of anilines is 2. The third-order valence-corrected chi connectivity index (χ3v) is 7.47. The lowest BCUT2D eigenvalue weighted by Gasteiger charge is -2.24. The molecule has 0 aliphatic carbocycles. The van der Waals surface area contributed by atoms with Crippen LogP contribution in [0.15, 0.2) is 81.9 Å². The fourth-order valence-corrected chi connectivity index (χ4v) is 5.16. The standard InChI is InChI=1S/C22H22N6O4S2/c1-32-21-16(13-26-28(21)20(29)15-3-5-17(23)6-4-15)14-33-18-7-9-19(10-8-18)34(30,31)27-22-24-11-2-12-25-22/h2-13,16,21H,14,23H2,1H3,(H,24,25,27). The molecule has 2 atom stereocenters. The number of nitrogen functional groups attached to an aromatic ring is 1. The number of nitrogens with two attached hydrogens (primary N) is 1. The average Bonchev–Trinajstić information content (AvgIpc) is 3.26. The van der Waals surface area contributed by atoms with Crippen LogP contribution < -0.4 is 10.5 Å². The van der Waals surface area contributed by atoms with Crippen LogP contribution >= 0.6 is 11.8 Å². The van der Waals surface area contributed by atoms with Crippen LogP contribution in [0, 0.1) is 5.92 Å². The summed E-state index contributed by atoms with van der Waals surface area (Å²) in [6, 6.07) is 14.7. The van der Waals surface area contributed by atoms with Gasteiger partial charge in [0.1, 0.15) is 0 Å². The van der Waals surface area contributed by atoms with Gasteiger partial charge in [-0.2, -0.15) is 10.1 Å². The van der Waals surface area contributed by atoms with Crippen molar-refractivity contribution in [3.05, 3.63) is 72.6 Å². The van der Waals surface area contributed by atoms with Crippen molar-refractivity contribution in [2.45, 2.75) is 16.0 Å². The second-order valence-corrected chi connectivity index (χ2v) is 10.1. The summed E-state index contributed by atoms with van der Waals surface area (Å²) in [5.74, 6) is 0.161. The molecule has 3 N–H and O–H groups in total. The molecule has 176 valence electrons. The van der Waals surface area contributed by atoms with Gasteiger partial charge in [-0.05, 0) is 54.6 Å². The molecule has 1 aliphatic rings. The maximum Gasteiger partial charge on any atom is 0.276 e. The van der Waals surface area contributed by atoms with Gasteiger partial charge < -0.3 is 10.5 Å². The van der Waals surface area contributed by atoms with E-state index in [0.717, 1.165) is 4.90 Å². The molecular weight excluding hydrogens is 476 g/mol. The zero-order chi connectivity index (χ0) is 24.1. The third-order valence-electron chi connectivity index (χ3n) is 4.96. The number of hydrogen-bond donors (Lipinski definition) is 2. The quantitative estimate of drug-likeness (QED) is 0.357. The van der Waals surface area contributed by atoms with Crippen LogP contribution in [0.2, 0.25) is 0 Å². The molecule has 0 saturated heterocycles. The number of benzene rings is 2. The van der Waals surface area contributed by atoms with Gasteiger partial charge in [-0.3, -0.25) is 4.79 Å². The molecule has 3 aromatic rings. The first-order valence-corrected chi connectivity index (χ1v) is 12.6. The number of thioether (sulfide) groups is 1. The molecule has 0 bridgehead atoms. The predicted octanol–water partition coefficient (Wildman–Crippen LogP) is 2.68. The van der Waals surface area contributed by atoms with Crippen molar-refractivity contribution in [3.63, 3.8) is 0 Å². The van der Waals surface area contributed by atoms with Gasteiger partial charge in [-0.15, -0.1) is 11.8 Å². The third kappa shape index (κ3) is 5.35. The SMILES string of the molecule is COC1C(CSc2ccc(S(=O)(=O)Nc3ncccn3)cc2)C=NN1C(=O)c1ccc(N)cc1. The van der Waals surface area contributed by atoms with E-state index in [4.69, 9.17) is 10.5 Å². The molecule has 2 heterocycles. The highest BCUT2D eigenvalue weighted by atomic mass is 32.2. The van der Waals surface area contributed by atoms with E-state index in [1.165, 1.54) is 48.4 Å². The Bertz CT molecular complexity index is 1270. The van der Waals surface area contributed by atoms with Crippen molar-refractivity contribution in [2.75, 3.05) is 23.3 Å². The summed E-state index contributed by atoms with van der Waals surface area (Å²) in [6.45, 7) is 0. The van der Waals surface area contributed by atoms with Crippen molar-refractivity contribution in [1.82, 2.24) is 15.0 Å². The summed E-state index contributed by atoms with van der Waals surface area (Å²) in [5, 5.41) is 5.58. The summed E-state index contributed by atoms with van der Waals surface area (Å²) in [7, 11) is -2.27. The molecule has 0 spiro atoms. The first-order valence-electron chi connectivity index (χ1n) is 10.2. The molecule has 0 saturated carbocycles. The molecule has 0 radical (unpaired) electrons. The highest BCUT2D eigenvalue weighted by molar-refractivity contribution is 7.99. The highest BCUT2D eigenvalue weighted by Gasteiger charge is 2.35. The van der Waals surface area contributed by atoms with E-state index in [-0.39, 0.29) is 22.7 Å². The molecule has 0 fully saturated rings. The van der Waals surface area contributed by atoms with Crippen LogP contribution in [0.1, 0.15) is 10.4 Å². The van der Waals surface area contributed by atoms with E-state index in [0.29, 0.717) is 17.0 Å². The van der Waals surface area contributed by atoms with Gasteiger partial charge in [-0.1, -0.05) is 0 Å². The lowest BCUT2D eigenvalue weighted by Crippen LogP contribution is -2.39. The Labute approximate surface area is 201 Å². The number of methoxy groups -OCH3 is 1. The van der Waals surface area contributed by atoms with Crippen molar-refractivity contribution < 1.29 is 17.9 Å². The number of aromatic nitrogens is 2. The van der Waals surface area contributed by atoms with E-state index in [2.05, 4.69) is 19.8 Å². The van der Waals surface area contributed by atoms with E-state index in [9.17, 15) is 13.2 Å². The Kier molecular flexibility index (Phi) is 7.10. The molecule has 1 aliphatic heterocycles. The number of sulfonamides is 1. The number of amides is 1. The summed E-state index contributed by atoms with van der Waals surface area (Å²) >= 11 is 1.51. The Balaban J connectivity index is 1.37. The van der Waals surface area contributed by atoms with Crippen LogP contribution in [0.3, 0.4) is 0 Å². The number of ether oxygens (including phenoxy) is 1. The van der Waals surface area contributed by atoms with Crippen LogP contribution in [-0.4, -0.2) is 54.6 Å². The van der Waals surface area contributed by atoms with E-state index in [1.54, 1.807) is 48.7 Å². The molecule has 34 heavy (non-hydrogen) atoms. The van der Waals surface area contributed by atoms with Crippen LogP contribution in [-0.2, 0) is 14.8 Å². The van der Waals surface area contributed by atoms with Crippen LogP contribution in [0.5, 0.6) is 0 Å². The van der Waals surface area contributed by atoms with Gasteiger partial charge >= 0.3 is 0 Å². The number of carbonyl (C=O) groups is 1. The minimum atomic E-state index is -3.80. The molecule has 2 unspecified atom stereocenters. The number of nitrogens with zero attached hydrogens (tertiary/aromatic N) is 4. The molecule has 4 rings (SSSR count). The summed E-state index contributed by atoms with van der Waals surface area (Å²) < 4.78 is 32.9. The number of hydrogen-bond acceptors (Lipinski definition) is 9. The topological polar surface area (TPSA) is 140 Å². The highest BCUT2D eigenvalue weighted by Crippen LogP contribution is 2.28. The number of rotatable bonds is 8. The Hall–Kier alpha value is -3.48. The molecule has 2 aromatic carbocycles. The zero-order valence-corrected chi connectivity index (χ0v) is 19.7. The predicted molar refractivity (Wildman–Crippen MR) is 130 cm³/mol. The summed E-state index contributed by atoms with van der Waals surface area (Å²) in [5.41, 5.74) is 6.73. The van der Waals surface area contributed by atoms with Crippen molar-refractivity contribution in [2.24, 2.45) is 11.0 Å². The van der Waals surface area contributed by atoms with E-state index < -0.39 is 16.3 Å². The van der Waals surface area contributed by atoms with Crippen LogP contribution in [0.4, 0.5) is 11.6 Å². The second-order valence-electron chi connectivity index (χ2n) is 7.29. The smallest absolute Gasteiger partial charge is 0.276 e. The van der Waals surface area contributed by atoms with Gasteiger partial charge in [0.05, 0.1) is 10.8 Å². The molecule has 12 heteroatoms. The summed E-state index contributed by atoms with van der Waals surface area (Å²) in [4.78, 5) is 21.5. The summed E-state index contributed by atoms with van der Waals surface area (Å²) in [6.07, 6.45) is 4.05. The van der Waals surface area contributed by atoms with E-state index >= 15 is 0 Å². The van der Waals surface area contributed by atoms with Crippen molar-refractivity contribution in [1.29, 1.82) is 0 Å². The fraction of sp³-hybridized carbons (Fsp3) is 0.182. The maximum atomic E-state index is 12.8. The Morgan fingerprint density at radius 3 is 2.44 bits per heavy atom. The minimum Gasteiger partial charge on any atom is -0.399 e. The number of nitrogens with one attached hydrogen (secondary N) is 1. The van der Waals surface area contributed by atoms with Crippen molar-refractivity contribution in [3.8, 4) is 0 Å². The zero-order valence-electron chi connectivity index (χ0n) is 18.1. The van der Waals surface area contributed by atoms with E-state index in [1.807, 2.05) is 0 Å². The second kappa shape index (κ2) is 10.2. The maximum absolute atomic E-state index is 12.8. The number of hydrazone groups is 1. The molecular formula is C22H22N6O4S2. The first kappa shape index (κ1) is 23.7. The molecule has 1 aromatic heterocycles. The van der Waals surface area contributed by atoms with Gasteiger partial charge in [0, 0.05) is 47.6 Å². The Morgan fingerprint density at radius 1 is 1.12 bits per heavy atom. The normalized spacial score (nSPS) is 17.6. The largest absolute Gasteiger partial charge is 0.399 e. The minimum absolute atomic E-state index is 0.00477.